The van der Waals surface area contributed by atoms with Crippen LogP contribution in [0.4, 0.5) is 0 Å². The summed E-state index contributed by atoms with van der Waals surface area (Å²) in [5.41, 5.74) is 6.53. The predicted molar refractivity (Wildman–Crippen MR) is 128 cm³/mol. The molecule has 0 unspecified atom stereocenters. The van der Waals surface area contributed by atoms with Crippen LogP contribution in [0.3, 0.4) is 0 Å². The molecule has 6 nitrogen and oxygen atoms in total. The summed E-state index contributed by atoms with van der Waals surface area (Å²) in [6, 6.07) is 12.0. The van der Waals surface area contributed by atoms with Gasteiger partial charge < -0.3 is 0 Å². The van der Waals surface area contributed by atoms with Crippen molar-refractivity contribution in [1.29, 1.82) is 0 Å². The smallest absolute Gasteiger partial charge is 0.114 e. The first-order valence-corrected chi connectivity index (χ1v) is 10.8. The highest BCUT2D eigenvalue weighted by Gasteiger charge is 1.88. The lowest BCUT2D eigenvalue weighted by Crippen LogP contribution is -1.86. The number of aromatic nitrogens is 6. The average molecular weight is 437 g/mol. The summed E-state index contributed by atoms with van der Waals surface area (Å²) in [6.07, 6.45) is 3.74. The van der Waals surface area contributed by atoms with E-state index >= 15 is 0 Å². The van der Waals surface area contributed by atoms with E-state index in [0.717, 1.165) is 32.8 Å². The molecule has 4 rings (SSSR count). The Balaban J connectivity index is 0.000000207. The Hall–Kier alpha value is -3.06. The molecule has 0 bridgehead atoms. The molecule has 0 spiro atoms. The maximum Gasteiger partial charge on any atom is 0.114 e. The van der Waals surface area contributed by atoms with Crippen molar-refractivity contribution in [1.82, 2.24) is 30.4 Å². The third kappa shape index (κ3) is 13.0. The lowest BCUT2D eigenvalue weighted by atomic mass is 10.3. The van der Waals surface area contributed by atoms with Gasteiger partial charge in [0.25, 0.3) is 0 Å². The monoisotopic (exact) mass is 436 g/mol. The van der Waals surface area contributed by atoms with Gasteiger partial charge in [-0.15, -0.1) is 21.5 Å². The molecule has 0 amide bonds. The molecule has 0 aliphatic carbocycles. The average Bonchev–Trinajstić information content (AvgIpc) is 3.13. The number of nitrogens with zero attached hydrogens (tertiary/aromatic N) is 6. The van der Waals surface area contributed by atoms with Crippen LogP contribution in [0.1, 0.15) is 43.9 Å². The van der Waals surface area contributed by atoms with E-state index < -0.39 is 0 Å². The maximum atomic E-state index is 4.08. The minimum atomic E-state index is 0.968. The number of pyridine rings is 2. The van der Waals surface area contributed by atoms with Gasteiger partial charge in [-0.05, 0) is 90.8 Å². The summed E-state index contributed by atoms with van der Waals surface area (Å²) < 4.78 is 0. The van der Waals surface area contributed by atoms with Crippen LogP contribution in [0, 0.1) is 55.4 Å². The summed E-state index contributed by atoms with van der Waals surface area (Å²) in [5.74, 6) is 0. The van der Waals surface area contributed by atoms with Gasteiger partial charge >= 0.3 is 0 Å². The summed E-state index contributed by atoms with van der Waals surface area (Å²) >= 11 is 1.62. The van der Waals surface area contributed by atoms with Crippen LogP contribution >= 0.6 is 11.3 Å². The molecule has 31 heavy (non-hydrogen) atoms. The van der Waals surface area contributed by atoms with Gasteiger partial charge in [-0.1, -0.05) is 12.1 Å². The first-order chi connectivity index (χ1) is 14.7. The molecule has 0 aliphatic heterocycles. The molecule has 0 fully saturated rings. The van der Waals surface area contributed by atoms with Gasteiger partial charge in [0, 0.05) is 23.8 Å². The van der Waals surface area contributed by atoms with Gasteiger partial charge in [-0.3, -0.25) is 9.97 Å². The van der Waals surface area contributed by atoms with Crippen molar-refractivity contribution in [2.75, 3.05) is 0 Å². The van der Waals surface area contributed by atoms with E-state index in [9.17, 15) is 0 Å². The van der Waals surface area contributed by atoms with Gasteiger partial charge in [-0.2, -0.15) is 10.2 Å². The van der Waals surface area contributed by atoms with Crippen molar-refractivity contribution >= 4 is 11.3 Å². The number of hydrogen-bond acceptors (Lipinski definition) is 7. The van der Waals surface area contributed by atoms with Crippen molar-refractivity contribution in [3.8, 4) is 0 Å². The second-order valence-electron chi connectivity index (χ2n) is 7.11. The molecule has 4 aromatic heterocycles. The van der Waals surface area contributed by atoms with Gasteiger partial charge in [-0.25, -0.2) is 0 Å². The van der Waals surface area contributed by atoms with E-state index in [2.05, 4.69) is 42.5 Å². The maximum absolute atomic E-state index is 4.08. The van der Waals surface area contributed by atoms with E-state index in [0.29, 0.717) is 0 Å². The normalized spacial score (nSPS) is 9.29. The van der Waals surface area contributed by atoms with Gasteiger partial charge in [0.2, 0.25) is 0 Å². The Labute approximate surface area is 189 Å². The Morgan fingerprint density at radius 3 is 1.00 bits per heavy atom. The summed E-state index contributed by atoms with van der Waals surface area (Å²) in [7, 11) is 0. The molecular formula is C24H32N6S. The fraction of sp³-hybridized carbons (Fsp3) is 0.333. The zero-order valence-electron chi connectivity index (χ0n) is 19.7. The fourth-order valence-electron chi connectivity index (χ4n) is 1.94. The Morgan fingerprint density at radius 2 is 0.806 bits per heavy atom. The third-order valence-electron chi connectivity index (χ3n) is 3.68. The molecule has 0 saturated carbocycles. The highest BCUT2D eigenvalue weighted by atomic mass is 32.1. The van der Waals surface area contributed by atoms with E-state index in [1.54, 1.807) is 11.3 Å². The van der Waals surface area contributed by atoms with Crippen LogP contribution in [0.5, 0.6) is 0 Å². The molecular weight excluding hydrogens is 404 g/mol. The molecule has 0 aromatic carbocycles. The SMILES string of the molecule is Cc1ccc(C)nc1.Cc1ccc(C)nc1.Cc1ccc(C)nn1.Cc1nnc(C)s1. The summed E-state index contributed by atoms with van der Waals surface area (Å²) in [6.45, 7) is 15.8. The van der Waals surface area contributed by atoms with Gasteiger partial charge in [0.1, 0.15) is 10.0 Å². The molecule has 164 valence electrons. The Morgan fingerprint density at radius 1 is 0.452 bits per heavy atom. The van der Waals surface area contributed by atoms with Crippen LogP contribution in [0.15, 0.2) is 48.8 Å². The minimum Gasteiger partial charge on any atom is -0.261 e. The van der Waals surface area contributed by atoms with Crippen LogP contribution in [0.25, 0.3) is 0 Å². The van der Waals surface area contributed by atoms with Crippen molar-refractivity contribution in [2.45, 2.75) is 55.4 Å². The highest BCUT2D eigenvalue weighted by Crippen LogP contribution is 2.04. The predicted octanol–water partition coefficient (Wildman–Crippen LogP) is 5.65. The van der Waals surface area contributed by atoms with Crippen molar-refractivity contribution in [3.05, 3.63) is 92.7 Å². The van der Waals surface area contributed by atoms with Gasteiger partial charge in [0.05, 0.1) is 11.4 Å². The lowest BCUT2D eigenvalue weighted by Gasteiger charge is -1.89. The van der Waals surface area contributed by atoms with Gasteiger partial charge in [0.15, 0.2) is 0 Å². The van der Waals surface area contributed by atoms with E-state index in [1.165, 1.54) is 11.1 Å². The first kappa shape index (κ1) is 26.0. The number of aryl methyl sites for hydroxylation is 8. The highest BCUT2D eigenvalue weighted by molar-refractivity contribution is 7.11. The van der Waals surface area contributed by atoms with E-state index in [-0.39, 0.29) is 0 Å². The molecule has 0 atom stereocenters. The Bertz CT molecular complexity index is 811. The van der Waals surface area contributed by atoms with E-state index in [4.69, 9.17) is 0 Å². The molecule has 0 saturated heterocycles. The van der Waals surface area contributed by atoms with Crippen LogP contribution in [-0.2, 0) is 0 Å². The van der Waals surface area contributed by atoms with Crippen LogP contribution in [-0.4, -0.2) is 30.4 Å². The summed E-state index contributed by atoms with van der Waals surface area (Å²) in [4.78, 5) is 8.16. The standard InChI is InChI=1S/2C7H9N.C6H8N2.C4H6N2S/c2*1-6-3-4-7(2)8-5-6;1-5-3-4-6(2)8-7-5;1-3-5-6-4(2)7-3/h2*3-5H,1-2H3;3-4H,1-2H3;1-2H3. The molecule has 4 heterocycles. The minimum absolute atomic E-state index is 0.968. The molecule has 7 heteroatoms. The molecule has 0 radical (unpaired) electrons. The van der Waals surface area contributed by atoms with Crippen molar-refractivity contribution in [3.63, 3.8) is 0 Å². The zero-order valence-corrected chi connectivity index (χ0v) is 20.5. The van der Waals surface area contributed by atoms with Crippen molar-refractivity contribution < 1.29 is 0 Å². The fourth-order valence-corrected chi connectivity index (χ4v) is 2.54. The second kappa shape index (κ2) is 14.0. The third-order valence-corrected chi connectivity index (χ3v) is 4.43. The van der Waals surface area contributed by atoms with Crippen LogP contribution in [0.2, 0.25) is 0 Å². The largest absolute Gasteiger partial charge is 0.261 e. The number of hydrogen-bond donors (Lipinski definition) is 0. The number of rotatable bonds is 0. The molecule has 4 aromatic rings. The summed E-state index contributed by atoms with van der Waals surface area (Å²) in [5, 5.41) is 17.3. The van der Waals surface area contributed by atoms with Crippen molar-refractivity contribution in [2.24, 2.45) is 0 Å². The Kier molecular flexibility index (Phi) is 11.8. The molecule has 0 N–H and O–H groups in total. The molecule has 0 aliphatic rings. The first-order valence-electron chi connectivity index (χ1n) is 9.98. The van der Waals surface area contributed by atoms with Crippen LogP contribution < -0.4 is 0 Å². The second-order valence-corrected chi connectivity index (χ2v) is 8.50. The van der Waals surface area contributed by atoms with E-state index in [1.807, 2.05) is 92.0 Å². The quantitative estimate of drug-likeness (QED) is 0.355. The lowest BCUT2D eigenvalue weighted by molar-refractivity contribution is 0.941. The topological polar surface area (TPSA) is 77.3 Å². The zero-order chi connectivity index (χ0) is 23.2.